The van der Waals surface area contributed by atoms with Gasteiger partial charge in [-0.3, -0.25) is 4.79 Å². The number of hydrogen-bond acceptors (Lipinski definition) is 5. The van der Waals surface area contributed by atoms with E-state index in [-0.39, 0.29) is 23.8 Å². The summed E-state index contributed by atoms with van der Waals surface area (Å²) in [6.45, 7) is 4.17. The van der Waals surface area contributed by atoms with E-state index in [4.69, 9.17) is 0 Å². The number of aromatic nitrogens is 1. The van der Waals surface area contributed by atoms with Gasteiger partial charge in [0.2, 0.25) is 15.9 Å². The molecule has 1 aromatic heterocycles. The van der Waals surface area contributed by atoms with E-state index < -0.39 is 10.0 Å². The summed E-state index contributed by atoms with van der Waals surface area (Å²) >= 11 is 1.53. The second-order valence-corrected chi connectivity index (χ2v) is 9.13. The highest BCUT2D eigenvalue weighted by Gasteiger charge is 2.15. The third kappa shape index (κ3) is 4.91. The molecule has 1 amide bonds. The van der Waals surface area contributed by atoms with Gasteiger partial charge >= 0.3 is 0 Å². The number of hydrogen-bond donors (Lipinski definition) is 2. The van der Waals surface area contributed by atoms with Crippen molar-refractivity contribution in [3.63, 3.8) is 0 Å². The van der Waals surface area contributed by atoms with Crippen molar-refractivity contribution in [1.82, 2.24) is 15.0 Å². The Morgan fingerprint density at radius 2 is 1.89 bits per heavy atom. The molecule has 2 aromatic carbocycles. The van der Waals surface area contributed by atoms with Crippen LogP contribution < -0.4 is 10.0 Å². The minimum absolute atomic E-state index is 0.0426. The predicted octanol–water partition coefficient (Wildman–Crippen LogP) is 2.90. The first-order valence-corrected chi connectivity index (χ1v) is 10.8. The van der Waals surface area contributed by atoms with Crippen LogP contribution in [0.4, 0.5) is 0 Å². The summed E-state index contributed by atoms with van der Waals surface area (Å²) in [7, 11) is -3.62. The van der Waals surface area contributed by atoms with Crippen molar-refractivity contribution in [3.8, 4) is 0 Å². The van der Waals surface area contributed by atoms with Crippen molar-refractivity contribution in [2.75, 3.05) is 6.54 Å². The number of thiazole rings is 1. The minimum atomic E-state index is -3.62. The van der Waals surface area contributed by atoms with E-state index in [9.17, 15) is 13.2 Å². The Hall–Kier alpha value is -2.29. The third-order valence-corrected chi connectivity index (χ3v) is 6.70. The fourth-order valence-electron chi connectivity index (χ4n) is 2.52. The first-order valence-electron chi connectivity index (χ1n) is 8.53. The number of benzene rings is 2. The number of nitrogens with one attached hydrogen (secondary N) is 2. The van der Waals surface area contributed by atoms with E-state index >= 15 is 0 Å². The Morgan fingerprint density at radius 3 is 2.63 bits per heavy atom. The molecule has 0 saturated carbocycles. The molecule has 3 rings (SSSR count). The van der Waals surface area contributed by atoms with Crippen LogP contribution in [0.2, 0.25) is 0 Å². The number of rotatable bonds is 7. The Kier molecular flexibility index (Phi) is 5.88. The summed E-state index contributed by atoms with van der Waals surface area (Å²) in [6.07, 6.45) is 0.0645. The van der Waals surface area contributed by atoms with Crippen LogP contribution in [-0.2, 0) is 21.4 Å². The molecule has 0 spiro atoms. The Labute approximate surface area is 162 Å². The second kappa shape index (κ2) is 8.16. The van der Waals surface area contributed by atoms with Gasteiger partial charge in [-0.05, 0) is 49.2 Å². The number of aryl methyl sites for hydroxylation is 2. The zero-order valence-electron chi connectivity index (χ0n) is 15.2. The second-order valence-electron chi connectivity index (χ2n) is 6.25. The number of carbonyl (C=O) groups is 1. The molecule has 142 valence electrons. The molecular formula is C19H21N3O3S2. The zero-order chi connectivity index (χ0) is 19.4. The molecular weight excluding hydrogens is 382 g/mol. The van der Waals surface area contributed by atoms with Crippen LogP contribution in [0.3, 0.4) is 0 Å². The van der Waals surface area contributed by atoms with Crippen molar-refractivity contribution in [1.29, 1.82) is 0 Å². The van der Waals surface area contributed by atoms with Gasteiger partial charge in [0.1, 0.15) is 5.01 Å². The molecule has 0 fully saturated rings. The van der Waals surface area contributed by atoms with Crippen molar-refractivity contribution >= 4 is 37.5 Å². The first kappa shape index (κ1) is 19.5. The number of nitrogens with zero attached hydrogens (tertiary/aromatic N) is 1. The smallest absolute Gasteiger partial charge is 0.240 e. The molecule has 0 aliphatic carbocycles. The predicted molar refractivity (Wildman–Crippen MR) is 107 cm³/mol. The van der Waals surface area contributed by atoms with Gasteiger partial charge in [-0.15, -0.1) is 11.3 Å². The molecule has 6 nitrogen and oxygen atoms in total. The Balaban J connectivity index is 1.49. The van der Waals surface area contributed by atoms with Crippen molar-refractivity contribution in [3.05, 3.63) is 58.6 Å². The van der Waals surface area contributed by atoms with Crippen LogP contribution in [0.15, 0.2) is 47.4 Å². The lowest BCUT2D eigenvalue weighted by Gasteiger charge is -2.09. The van der Waals surface area contributed by atoms with Crippen molar-refractivity contribution < 1.29 is 13.2 Å². The van der Waals surface area contributed by atoms with E-state index in [0.717, 1.165) is 26.4 Å². The van der Waals surface area contributed by atoms with E-state index in [1.807, 2.05) is 38.1 Å². The average Bonchev–Trinajstić information content (AvgIpc) is 3.05. The van der Waals surface area contributed by atoms with E-state index in [1.165, 1.54) is 11.3 Å². The highest BCUT2D eigenvalue weighted by molar-refractivity contribution is 7.89. The van der Waals surface area contributed by atoms with Crippen LogP contribution in [-0.4, -0.2) is 25.9 Å². The van der Waals surface area contributed by atoms with Gasteiger partial charge in [0.25, 0.3) is 0 Å². The standard InChI is InChI=1S/C19H21N3O3S2/c1-13-7-8-15(11-14(13)2)27(24,25)21-10-9-18(23)20-12-19-22-16-5-3-4-6-17(16)26-19/h3-8,11,21H,9-10,12H2,1-2H3,(H,20,23). The lowest BCUT2D eigenvalue weighted by atomic mass is 10.1. The lowest BCUT2D eigenvalue weighted by Crippen LogP contribution is -2.30. The largest absolute Gasteiger partial charge is 0.350 e. The summed E-state index contributed by atoms with van der Waals surface area (Å²) in [6, 6.07) is 12.8. The minimum Gasteiger partial charge on any atom is -0.350 e. The van der Waals surface area contributed by atoms with Crippen molar-refractivity contribution in [2.45, 2.75) is 31.7 Å². The van der Waals surface area contributed by atoms with Crippen LogP contribution >= 0.6 is 11.3 Å². The number of para-hydroxylation sites is 1. The monoisotopic (exact) mass is 403 g/mol. The maximum atomic E-state index is 12.3. The molecule has 0 atom stereocenters. The first-order chi connectivity index (χ1) is 12.8. The van der Waals surface area contributed by atoms with Gasteiger partial charge in [0.15, 0.2) is 0 Å². The highest BCUT2D eigenvalue weighted by atomic mass is 32.2. The third-order valence-electron chi connectivity index (χ3n) is 4.21. The van der Waals surface area contributed by atoms with Crippen molar-refractivity contribution in [2.24, 2.45) is 0 Å². The number of fused-ring (bicyclic) bond motifs is 1. The molecule has 0 unspecified atom stereocenters. The molecule has 0 radical (unpaired) electrons. The molecule has 0 aliphatic heterocycles. The average molecular weight is 404 g/mol. The van der Waals surface area contributed by atoms with Gasteiger partial charge in [-0.1, -0.05) is 18.2 Å². The maximum Gasteiger partial charge on any atom is 0.240 e. The zero-order valence-corrected chi connectivity index (χ0v) is 16.8. The van der Waals surface area contributed by atoms with E-state index in [0.29, 0.717) is 6.54 Å². The van der Waals surface area contributed by atoms with Crippen LogP contribution in [0.5, 0.6) is 0 Å². The van der Waals surface area contributed by atoms with Crippen LogP contribution in [0.25, 0.3) is 10.2 Å². The van der Waals surface area contributed by atoms with Gasteiger partial charge in [0, 0.05) is 13.0 Å². The quantitative estimate of drug-likeness (QED) is 0.635. The lowest BCUT2D eigenvalue weighted by molar-refractivity contribution is -0.121. The summed E-state index contributed by atoms with van der Waals surface area (Å²) in [4.78, 5) is 16.6. The number of amides is 1. The SMILES string of the molecule is Cc1ccc(S(=O)(=O)NCCC(=O)NCc2nc3ccccc3s2)cc1C. The van der Waals surface area contributed by atoms with Crippen LogP contribution in [0.1, 0.15) is 22.6 Å². The molecule has 27 heavy (non-hydrogen) atoms. The highest BCUT2D eigenvalue weighted by Crippen LogP contribution is 2.21. The van der Waals surface area contributed by atoms with Crippen LogP contribution in [0, 0.1) is 13.8 Å². The topological polar surface area (TPSA) is 88.2 Å². The molecule has 0 bridgehead atoms. The van der Waals surface area contributed by atoms with Gasteiger partial charge in [0.05, 0.1) is 21.7 Å². The van der Waals surface area contributed by atoms with Gasteiger partial charge < -0.3 is 5.32 Å². The van der Waals surface area contributed by atoms with Gasteiger partial charge in [-0.25, -0.2) is 18.1 Å². The summed E-state index contributed by atoms with van der Waals surface area (Å²) in [5.74, 6) is -0.225. The summed E-state index contributed by atoms with van der Waals surface area (Å²) < 4.78 is 28.2. The van der Waals surface area contributed by atoms with E-state index in [2.05, 4.69) is 15.0 Å². The number of sulfonamides is 1. The number of carbonyl (C=O) groups excluding carboxylic acids is 1. The Bertz CT molecular complexity index is 1040. The molecule has 3 aromatic rings. The summed E-state index contributed by atoms with van der Waals surface area (Å²) in [5.41, 5.74) is 2.85. The molecule has 1 heterocycles. The fraction of sp³-hybridized carbons (Fsp3) is 0.263. The summed E-state index contributed by atoms with van der Waals surface area (Å²) in [5, 5.41) is 3.60. The fourth-order valence-corrected chi connectivity index (χ4v) is 4.55. The normalized spacial score (nSPS) is 11.6. The Morgan fingerprint density at radius 1 is 1.11 bits per heavy atom. The molecule has 0 saturated heterocycles. The molecule has 0 aliphatic rings. The molecule has 8 heteroatoms. The molecule has 2 N–H and O–H groups in total. The van der Waals surface area contributed by atoms with E-state index in [1.54, 1.807) is 18.2 Å². The van der Waals surface area contributed by atoms with Gasteiger partial charge in [-0.2, -0.15) is 0 Å². The maximum absolute atomic E-state index is 12.3.